The van der Waals surface area contributed by atoms with Gasteiger partial charge in [0.15, 0.2) is 0 Å². The summed E-state index contributed by atoms with van der Waals surface area (Å²) in [6.07, 6.45) is 1.84. The van der Waals surface area contributed by atoms with Crippen LogP contribution in [-0.2, 0) is 0 Å². The molecule has 0 fully saturated rings. The molecule has 0 amide bonds. The van der Waals surface area contributed by atoms with Crippen molar-refractivity contribution in [1.82, 2.24) is 0 Å². The minimum absolute atomic E-state index is 0.236. The second kappa shape index (κ2) is 4.33. The Morgan fingerprint density at radius 1 is 1.54 bits per heavy atom. The maximum atomic E-state index is 6.03. The van der Waals surface area contributed by atoms with Crippen molar-refractivity contribution in [2.45, 2.75) is 19.9 Å². The lowest BCUT2D eigenvalue weighted by molar-refractivity contribution is 1.00. The van der Waals surface area contributed by atoms with Crippen LogP contribution in [0, 0.1) is 6.92 Å². The lowest BCUT2D eigenvalue weighted by atomic mass is 10.2. The smallest absolute Gasteiger partial charge is 0.0640 e. The molecule has 1 nitrogen and oxygen atoms in total. The molecule has 0 radical (unpaired) electrons. The Bertz CT molecular complexity index is 307. The van der Waals surface area contributed by atoms with E-state index >= 15 is 0 Å². The largest absolute Gasteiger partial charge is 0.378 e. The number of hydrogen-bond acceptors (Lipinski definition) is 1. The van der Waals surface area contributed by atoms with Crippen molar-refractivity contribution in [3.63, 3.8) is 0 Å². The molecule has 0 saturated heterocycles. The number of hydrogen-bond donors (Lipinski definition) is 1. The highest BCUT2D eigenvalue weighted by Gasteiger charge is 2.01. The van der Waals surface area contributed by atoms with Gasteiger partial charge in [-0.2, -0.15) is 0 Å². The topological polar surface area (TPSA) is 12.0 Å². The summed E-state index contributed by atoms with van der Waals surface area (Å²) >= 11 is 6.03. The zero-order valence-corrected chi connectivity index (χ0v) is 8.73. The van der Waals surface area contributed by atoms with E-state index in [1.165, 1.54) is 5.56 Å². The van der Waals surface area contributed by atoms with E-state index in [1.54, 1.807) is 0 Å². The van der Waals surface area contributed by atoms with Crippen molar-refractivity contribution >= 4 is 17.3 Å². The lowest BCUT2D eigenvalue weighted by Crippen LogP contribution is -2.11. The third-order valence-corrected chi connectivity index (χ3v) is 2.17. The van der Waals surface area contributed by atoms with Crippen LogP contribution >= 0.6 is 11.6 Å². The molecule has 2 heteroatoms. The Hall–Kier alpha value is -0.950. The van der Waals surface area contributed by atoms with Gasteiger partial charge in [-0.15, -0.1) is 6.58 Å². The van der Waals surface area contributed by atoms with Gasteiger partial charge < -0.3 is 5.32 Å². The molecule has 1 N–H and O–H groups in total. The van der Waals surface area contributed by atoms with Gasteiger partial charge >= 0.3 is 0 Å². The van der Waals surface area contributed by atoms with Crippen LogP contribution in [0.15, 0.2) is 30.9 Å². The third-order valence-electron chi connectivity index (χ3n) is 1.86. The fraction of sp³-hybridized carbons (Fsp3) is 0.273. The number of halogens is 1. The predicted octanol–water partition coefficient (Wildman–Crippen LogP) is 3.63. The summed E-state index contributed by atoms with van der Waals surface area (Å²) in [6, 6.07) is 6.20. The Morgan fingerprint density at radius 3 is 2.77 bits per heavy atom. The molecule has 0 spiro atoms. The molecule has 0 aliphatic heterocycles. The molecule has 0 aromatic heterocycles. The van der Waals surface area contributed by atoms with Crippen LogP contribution in [0.4, 0.5) is 5.69 Å². The normalized spacial score (nSPS) is 12.2. The van der Waals surface area contributed by atoms with Gasteiger partial charge in [-0.3, -0.25) is 0 Å². The zero-order valence-electron chi connectivity index (χ0n) is 7.97. The van der Waals surface area contributed by atoms with Crippen LogP contribution in [0.2, 0.25) is 5.02 Å². The van der Waals surface area contributed by atoms with Crippen molar-refractivity contribution in [2.24, 2.45) is 0 Å². The van der Waals surface area contributed by atoms with Crippen LogP contribution in [-0.4, -0.2) is 6.04 Å². The van der Waals surface area contributed by atoms with E-state index in [-0.39, 0.29) is 6.04 Å². The van der Waals surface area contributed by atoms with E-state index in [0.29, 0.717) is 0 Å². The van der Waals surface area contributed by atoms with Gasteiger partial charge in [0.2, 0.25) is 0 Å². The molecule has 0 saturated carbocycles. The first-order valence-electron chi connectivity index (χ1n) is 4.28. The van der Waals surface area contributed by atoms with E-state index < -0.39 is 0 Å². The average Bonchev–Trinajstić information content (AvgIpc) is 2.09. The first-order valence-corrected chi connectivity index (χ1v) is 4.66. The summed E-state index contributed by atoms with van der Waals surface area (Å²) in [7, 11) is 0. The van der Waals surface area contributed by atoms with E-state index in [2.05, 4.69) is 11.9 Å². The molecular weight excluding hydrogens is 182 g/mol. The van der Waals surface area contributed by atoms with Gasteiger partial charge in [0.1, 0.15) is 0 Å². The number of rotatable bonds is 3. The predicted molar refractivity (Wildman–Crippen MR) is 59.5 cm³/mol. The fourth-order valence-electron chi connectivity index (χ4n) is 1.04. The molecule has 1 unspecified atom stereocenters. The molecule has 70 valence electrons. The van der Waals surface area contributed by atoms with Crippen LogP contribution < -0.4 is 5.32 Å². The van der Waals surface area contributed by atoms with Crippen LogP contribution in [0.1, 0.15) is 12.5 Å². The van der Waals surface area contributed by atoms with Crippen LogP contribution in [0.25, 0.3) is 0 Å². The highest BCUT2D eigenvalue weighted by molar-refractivity contribution is 6.33. The van der Waals surface area contributed by atoms with Crippen LogP contribution in [0.3, 0.4) is 0 Å². The summed E-state index contributed by atoms with van der Waals surface area (Å²) in [6.45, 7) is 7.75. The maximum absolute atomic E-state index is 6.03. The van der Waals surface area contributed by atoms with Gasteiger partial charge in [-0.05, 0) is 31.5 Å². The van der Waals surface area contributed by atoms with Gasteiger partial charge in [-0.25, -0.2) is 0 Å². The van der Waals surface area contributed by atoms with E-state index in [9.17, 15) is 0 Å². The number of anilines is 1. The second-order valence-corrected chi connectivity index (χ2v) is 3.56. The second-order valence-electron chi connectivity index (χ2n) is 3.15. The maximum Gasteiger partial charge on any atom is 0.0640 e. The molecule has 1 atom stereocenters. The van der Waals surface area contributed by atoms with Gasteiger partial charge in [0.05, 0.1) is 10.7 Å². The molecular formula is C11H14ClN. The lowest BCUT2D eigenvalue weighted by Gasteiger charge is -2.12. The molecule has 1 rings (SSSR count). The summed E-state index contributed by atoms with van der Waals surface area (Å²) in [5.41, 5.74) is 2.13. The Kier molecular flexibility index (Phi) is 3.38. The number of nitrogens with one attached hydrogen (secondary N) is 1. The summed E-state index contributed by atoms with van der Waals surface area (Å²) in [5.74, 6) is 0. The zero-order chi connectivity index (χ0) is 9.84. The van der Waals surface area contributed by atoms with Gasteiger partial charge in [0.25, 0.3) is 0 Å². The van der Waals surface area contributed by atoms with Crippen molar-refractivity contribution < 1.29 is 0 Å². The third kappa shape index (κ3) is 2.78. The van der Waals surface area contributed by atoms with E-state index in [4.69, 9.17) is 11.6 Å². The van der Waals surface area contributed by atoms with Crippen molar-refractivity contribution in [3.8, 4) is 0 Å². The highest BCUT2D eigenvalue weighted by atomic mass is 35.5. The van der Waals surface area contributed by atoms with Crippen molar-refractivity contribution in [3.05, 3.63) is 41.4 Å². The highest BCUT2D eigenvalue weighted by Crippen LogP contribution is 2.23. The van der Waals surface area contributed by atoms with Gasteiger partial charge in [0, 0.05) is 6.04 Å². The first kappa shape index (κ1) is 10.1. The average molecular weight is 196 g/mol. The molecule has 0 heterocycles. The minimum atomic E-state index is 0.236. The standard InChI is InChI=1S/C11H14ClN/c1-4-9(3)13-11-6-5-8(2)7-10(11)12/h4-7,9,13H,1H2,2-3H3. The Labute approximate surface area is 84.4 Å². The SMILES string of the molecule is C=CC(C)Nc1ccc(C)cc1Cl. The molecule has 0 aliphatic rings. The van der Waals surface area contributed by atoms with E-state index in [0.717, 1.165) is 10.7 Å². The summed E-state index contributed by atoms with van der Waals surface area (Å²) in [4.78, 5) is 0. The number of aryl methyl sites for hydroxylation is 1. The number of benzene rings is 1. The molecule has 13 heavy (non-hydrogen) atoms. The molecule has 1 aromatic rings. The molecule has 0 bridgehead atoms. The van der Waals surface area contributed by atoms with E-state index in [1.807, 2.05) is 38.1 Å². The fourth-order valence-corrected chi connectivity index (χ4v) is 1.33. The summed E-state index contributed by atoms with van der Waals surface area (Å²) in [5, 5.41) is 4.00. The minimum Gasteiger partial charge on any atom is -0.378 e. The quantitative estimate of drug-likeness (QED) is 0.727. The van der Waals surface area contributed by atoms with Crippen LogP contribution in [0.5, 0.6) is 0 Å². The Balaban J connectivity index is 2.83. The first-order chi connectivity index (χ1) is 6.13. The van der Waals surface area contributed by atoms with Crippen molar-refractivity contribution in [1.29, 1.82) is 0 Å². The summed E-state index contributed by atoms with van der Waals surface area (Å²) < 4.78 is 0. The molecule has 0 aliphatic carbocycles. The monoisotopic (exact) mass is 195 g/mol. The Morgan fingerprint density at radius 2 is 2.23 bits per heavy atom. The van der Waals surface area contributed by atoms with Gasteiger partial charge in [-0.1, -0.05) is 23.7 Å². The molecule has 1 aromatic carbocycles. The van der Waals surface area contributed by atoms with Crippen molar-refractivity contribution in [2.75, 3.05) is 5.32 Å².